The number of anilines is 6. The van der Waals surface area contributed by atoms with Gasteiger partial charge in [-0.05, 0) is 24.3 Å². The molecule has 0 radical (unpaired) electrons. The van der Waals surface area contributed by atoms with Crippen LogP contribution in [-0.2, 0) is 0 Å². The first-order valence-corrected chi connectivity index (χ1v) is 9.39. The predicted octanol–water partition coefficient (Wildman–Crippen LogP) is 5.92. The lowest BCUT2D eigenvalue weighted by Crippen LogP contribution is -2.58. The van der Waals surface area contributed by atoms with Crippen molar-refractivity contribution < 1.29 is 8.83 Å². The van der Waals surface area contributed by atoms with Crippen molar-refractivity contribution in [1.82, 2.24) is 0 Å². The highest BCUT2D eigenvalue weighted by molar-refractivity contribution is 6.80. The molecule has 0 unspecified atom stereocenters. The van der Waals surface area contributed by atoms with E-state index < -0.39 is 0 Å². The number of hydrogen-bond donors (Lipinski definition) is 0. The lowest BCUT2D eigenvalue weighted by atomic mass is 9.78. The molecule has 5 aromatic rings. The van der Waals surface area contributed by atoms with E-state index in [0.29, 0.717) is 0 Å². The predicted molar refractivity (Wildman–Crippen MR) is 111 cm³/mol. The van der Waals surface area contributed by atoms with Crippen molar-refractivity contribution in [3.63, 3.8) is 0 Å². The minimum Gasteiger partial charge on any atom is -0.448 e. The quantitative estimate of drug-likeness (QED) is 0.320. The molecule has 0 fully saturated rings. The van der Waals surface area contributed by atoms with Crippen LogP contribution in [0, 0.1) is 0 Å². The van der Waals surface area contributed by atoms with Crippen LogP contribution in [0.5, 0.6) is 0 Å². The Morgan fingerprint density at radius 1 is 0.536 bits per heavy atom. The van der Waals surface area contributed by atoms with E-state index in [9.17, 15) is 0 Å². The van der Waals surface area contributed by atoms with E-state index >= 15 is 0 Å². The number of rotatable bonds is 0. The number of furan rings is 2. The molecule has 0 atom stereocenters. The van der Waals surface area contributed by atoms with Gasteiger partial charge in [0.15, 0.2) is 0 Å². The monoisotopic (exact) mass is 361 g/mol. The fourth-order valence-corrected chi connectivity index (χ4v) is 5.16. The minimum absolute atomic E-state index is 0.0918. The Hall–Kier alpha value is -3.80. The maximum atomic E-state index is 6.15. The van der Waals surface area contributed by atoms with E-state index in [0.717, 1.165) is 44.7 Å². The van der Waals surface area contributed by atoms with Gasteiger partial charge in [-0.3, -0.25) is 0 Å². The Kier molecular flexibility index (Phi) is 2.01. The summed E-state index contributed by atoms with van der Waals surface area (Å²) in [5.41, 5.74) is 4.60. The van der Waals surface area contributed by atoms with Crippen LogP contribution in [0.3, 0.4) is 0 Å². The Labute approximate surface area is 160 Å². The first kappa shape index (κ1) is 13.4. The second-order valence-electron chi connectivity index (χ2n) is 7.51. The highest BCUT2D eigenvalue weighted by Crippen LogP contribution is 2.59. The first-order chi connectivity index (χ1) is 13.9. The molecule has 130 valence electrons. The van der Waals surface area contributed by atoms with Gasteiger partial charge in [-0.1, -0.05) is 36.4 Å². The summed E-state index contributed by atoms with van der Waals surface area (Å²) in [5, 5.41) is 4.49. The van der Waals surface area contributed by atoms with E-state index in [1.165, 1.54) is 11.4 Å². The average Bonchev–Trinajstić information content (AvgIpc) is 3.43. The van der Waals surface area contributed by atoms with Gasteiger partial charge in [0.2, 0.25) is 11.8 Å². The molecule has 3 aromatic carbocycles. The third kappa shape index (κ3) is 1.25. The molecular formula is C22H12BN3O2. The number of nitrogens with zero attached hydrogens (tertiary/aromatic N) is 3. The zero-order valence-corrected chi connectivity index (χ0v) is 14.7. The van der Waals surface area contributed by atoms with E-state index in [1.807, 2.05) is 12.5 Å². The highest BCUT2D eigenvalue weighted by Gasteiger charge is 2.56. The van der Waals surface area contributed by atoms with Crippen molar-refractivity contribution in [2.75, 3.05) is 14.4 Å². The lowest BCUT2D eigenvalue weighted by Gasteiger charge is -2.42. The largest absolute Gasteiger partial charge is 0.524 e. The van der Waals surface area contributed by atoms with Crippen molar-refractivity contribution in [1.29, 1.82) is 0 Å². The van der Waals surface area contributed by atoms with Crippen molar-refractivity contribution in [3.05, 3.63) is 73.2 Å². The van der Waals surface area contributed by atoms with Crippen molar-refractivity contribution >= 4 is 63.2 Å². The molecule has 0 spiro atoms. The molecule has 3 aliphatic heterocycles. The lowest BCUT2D eigenvalue weighted by molar-refractivity contribution is 0.574. The molecule has 3 aliphatic rings. The molecule has 0 amide bonds. The maximum absolute atomic E-state index is 6.15. The van der Waals surface area contributed by atoms with E-state index in [4.69, 9.17) is 8.83 Å². The Bertz CT molecular complexity index is 1470. The van der Waals surface area contributed by atoms with Gasteiger partial charge in [-0.25, -0.2) is 0 Å². The average molecular weight is 361 g/mol. The molecule has 0 bridgehead atoms. The number of para-hydroxylation sites is 2. The normalized spacial score (nSPS) is 15.6. The smallest absolute Gasteiger partial charge is 0.448 e. The minimum atomic E-state index is -0.0918. The van der Waals surface area contributed by atoms with Crippen LogP contribution in [0.4, 0.5) is 34.5 Å². The highest BCUT2D eigenvalue weighted by atomic mass is 16.4. The van der Waals surface area contributed by atoms with Gasteiger partial charge in [0.25, 0.3) is 0 Å². The molecule has 6 heteroatoms. The molecule has 2 aromatic heterocycles. The standard InChI is InChI=1S/C22H12BN3O2/c1-2-8-16-15(7-1)24-17-9-3-5-13-11-28-22(19(13)17)26-18-10-4-6-14-12-27-21(20(14)18)25(16)23(24)26/h1-12H. The van der Waals surface area contributed by atoms with Gasteiger partial charge >= 0.3 is 7.12 Å². The summed E-state index contributed by atoms with van der Waals surface area (Å²) in [6, 6.07) is 21.2. The molecule has 28 heavy (non-hydrogen) atoms. The van der Waals surface area contributed by atoms with Crippen molar-refractivity contribution in [2.24, 2.45) is 0 Å². The number of fused-ring (bicyclic) bond motifs is 7. The summed E-state index contributed by atoms with van der Waals surface area (Å²) in [6.07, 6.45) is 3.71. The molecule has 0 saturated carbocycles. The van der Waals surface area contributed by atoms with Crippen LogP contribution < -0.4 is 14.4 Å². The Morgan fingerprint density at radius 2 is 1.04 bits per heavy atom. The van der Waals surface area contributed by atoms with E-state index in [1.54, 1.807) is 0 Å². The topological polar surface area (TPSA) is 36.0 Å². The van der Waals surface area contributed by atoms with Crippen LogP contribution in [-0.4, -0.2) is 7.12 Å². The van der Waals surface area contributed by atoms with Crippen LogP contribution in [0.25, 0.3) is 21.5 Å². The summed E-state index contributed by atoms with van der Waals surface area (Å²) in [7, 11) is -0.0918. The van der Waals surface area contributed by atoms with Crippen molar-refractivity contribution in [2.45, 2.75) is 0 Å². The van der Waals surface area contributed by atoms with Gasteiger partial charge in [0.05, 0.1) is 22.1 Å². The molecule has 5 nitrogen and oxygen atoms in total. The van der Waals surface area contributed by atoms with E-state index in [2.05, 4.69) is 75.1 Å². The SMILES string of the molecule is c1ccc2c(c1)N1B3N2c2occ4cccc(c24)N3c2occ3cccc1c23. The van der Waals surface area contributed by atoms with Gasteiger partial charge in [-0.2, -0.15) is 0 Å². The zero-order valence-electron chi connectivity index (χ0n) is 14.7. The molecule has 0 aliphatic carbocycles. The van der Waals surface area contributed by atoms with Crippen LogP contribution in [0.2, 0.25) is 0 Å². The summed E-state index contributed by atoms with van der Waals surface area (Å²) in [4.78, 5) is 6.99. The fourth-order valence-electron chi connectivity index (χ4n) is 5.16. The van der Waals surface area contributed by atoms with Gasteiger partial charge in [0.1, 0.15) is 12.5 Å². The Morgan fingerprint density at radius 3 is 1.68 bits per heavy atom. The van der Waals surface area contributed by atoms with E-state index in [-0.39, 0.29) is 7.12 Å². The fraction of sp³-hybridized carbons (Fsp3) is 0. The summed E-state index contributed by atoms with van der Waals surface area (Å²) < 4.78 is 12.3. The number of hydrogen-bond acceptors (Lipinski definition) is 5. The third-order valence-electron chi connectivity index (χ3n) is 6.22. The van der Waals surface area contributed by atoms with Gasteiger partial charge in [0, 0.05) is 22.1 Å². The van der Waals surface area contributed by atoms with Gasteiger partial charge in [-0.15, -0.1) is 0 Å². The first-order valence-electron chi connectivity index (χ1n) is 9.39. The molecule has 5 heterocycles. The van der Waals surface area contributed by atoms with Gasteiger partial charge < -0.3 is 23.3 Å². The van der Waals surface area contributed by atoms with Crippen LogP contribution in [0.15, 0.2) is 82.0 Å². The molecule has 0 saturated heterocycles. The van der Waals surface area contributed by atoms with Crippen molar-refractivity contribution in [3.8, 4) is 0 Å². The van der Waals surface area contributed by atoms with Crippen LogP contribution >= 0.6 is 0 Å². The Balaban J connectivity index is 1.61. The third-order valence-corrected chi connectivity index (χ3v) is 6.22. The maximum Gasteiger partial charge on any atom is 0.524 e. The summed E-state index contributed by atoms with van der Waals surface area (Å²) in [5.74, 6) is 1.79. The van der Waals surface area contributed by atoms with Crippen LogP contribution in [0.1, 0.15) is 0 Å². The number of benzene rings is 3. The second-order valence-corrected chi connectivity index (χ2v) is 7.51. The summed E-state index contributed by atoms with van der Waals surface area (Å²) >= 11 is 0. The molecule has 8 rings (SSSR count). The molecule has 0 N–H and O–H groups in total. The second kappa shape index (κ2) is 4.20. The zero-order chi connectivity index (χ0) is 18.0. The molecular weight excluding hydrogens is 349 g/mol. The summed E-state index contributed by atoms with van der Waals surface area (Å²) in [6.45, 7) is 0.